The average Bonchev–Trinajstić information content (AvgIpc) is 3.32. The lowest BCUT2D eigenvalue weighted by Crippen LogP contribution is -2.20. The van der Waals surface area contributed by atoms with Crippen molar-refractivity contribution in [2.75, 3.05) is 7.05 Å². The lowest BCUT2D eigenvalue weighted by molar-refractivity contribution is -0.120. The van der Waals surface area contributed by atoms with E-state index in [0.29, 0.717) is 34.6 Å². The van der Waals surface area contributed by atoms with Gasteiger partial charge in [0.2, 0.25) is 5.91 Å². The molecule has 1 N–H and O–H groups in total. The summed E-state index contributed by atoms with van der Waals surface area (Å²) < 4.78 is 11.0. The fourth-order valence-corrected chi connectivity index (χ4v) is 3.11. The Morgan fingerprint density at radius 1 is 1.25 bits per heavy atom. The lowest BCUT2D eigenvalue weighted by Gasteiger charge is -2.04. The maximum Gasteiger partial charge on any atom is 0.259 e. The summed E-state index contributed by atoms with van der Waals surface area (Å²) in [6, 6.07) is 5.62. The Balaban J connectivity index is 1.67. The number of hydrogen-bond donors (Lipinski definition) is 1. The Kier molecular flexibility index (Phi) is 3.85. The van der Waals surface area contributed by atoms with E-state index in [0.717, 1.165) is 29.5 Å². The molecule has 1 aliphatic carbocycles. The number of aromatic nitrogens is 5. The van der Waals surface area contributed by atoms with E-state index in [1.807, 2.05) is 18.2 Å². The van der Waals surface area contributed by atoms with Gasteiger partial charge in [-0.2, -0.15) is 4.98 Å². The third-order valence-electron chi connectivity index (χ3n) is 4.69. The molecule has 9 nitrogen and oxygen atoms in total. The molecule has 0 unspecified atom stereocenters. The summed E-state index contributed by atoms with van der Waals surface area (Å²) in [4.78, 5) is 24.8. The van der Waals surface area contributed by atoms with Crippen LogP contribution in [0.1, 0.15) is 30.3 Å². The van der Waals surface area contributed by atoms with Gasteiger partial charge in [0.1, 0.15) is 0 Å². The Morgan fingerprint density at radius 3 is 2.89 bits per heavy atom. The number of amides is 1. The molecule has 1 fully saturated rings. The van der Waals surface area contributed by atoms with Crippen molar-refractivity contribution >= 4 is 17.0 Å². The molecule has 4 aromatic rings. The van der Waals surface area contributed by atoms with Gasteiger partial charge in [0.15, 0.2) is 5.82 Å². The van der Waals surface area contributed by atoms with Crippen LogP contribution in [0.15, 0.2) is 39.6 Å². The molecule has 140 valence electrons. The van der Waals surface area contributed by atoms with Gasteiger partial charge in [-0.05, 0) is 31.0 Å². The zero-order chi connectivity index (χ0) is 19.1. The van der Waals surface area contributed by atoms with Crippen molar-refractivity contribution in [1.82, 2.24) is 30.6 Å². The first-order valence-corrected chi connectivity index (χ1v) is 8.97. The smallest absolute Gasteiger partial charge is 0.259 e. The van der Waals surface area contributed by atoms with E-state index in [1.54, 1.807) is 19.4 Å². The first-order chi connectivity index (χ1) is 13.7. The fraction of sp³-hybridized carbons (Fsp3) is 0.263. The second kappa shape index (κ2) is 6.52. The normalized spacial score (nSPS) is 13.8. The van der Waals surface area contributed by atoms with Crippen molar-refractivity contribution in [3.05, 3.63) is 42.1 Å². The zero-order valence-electron chi connectivity index (χ0n) is 15.0. The van der Waals surface area contributed by atoms with Gasteiger partial charge < -0.3 is 14.4 Å². The molecule has 1 aliphatic rings. The van der Waals surface area contributed by atoms with E-state index in [-0.39, 0.29) is 12.3 Å². The summed E-state index contributed by atoms with van der Waals surface area (Å²) in [5.74, 6) is 0.791. The van der Waals surface area contributed by atoms with E-state index < -0.39 is 0 Å². The first-order valence-electron chi connectivity index (χ1n) is 8.97. The molecule has 0 atom stereocenters. The van der Waals surface area contributed by atoms with Crippen molar-refractivity contribution in [3.63, 3.8) is 0 Å². The second-order valence-corrected chi connectivity index (χ2v) is 6.68. The van der Waals surface area contributed by atoms with Crippen LogP contribution in [0, 0.1) is 0 Å². The molecule has 5 rings (SSSR count). The van der Waals surface area contributed by atoms with E-state index in [1.165, 1.54) is 0 Å². The molecule has 1 amide bonds. The van der Waals surface area contributed by atoms with Crippen LogP contribution in [-0.4, -0.2) is 38.2 Å². The number of carbonyl (C=O) groups is 1. The number of likely N-dealkylation sites (N-methyl/N-ethyl adjacent to an activating group) is 1. The van der Waals surface area contributed by atoms with Crippen molar-refractivity contribution in [3.8, 4) is 22.7 Å². The Morgan fingerprint density at radius 2 is 2.14 bits per heavy atom. The molecule has 0 spiro atoms. The van der Waals surface area contributed by atoms with Gasteiger partial charge in [0.25, 0.3) is 11.6 Å². The van der Waals surface area contributed by atoms with Crippen molar-refractivity contribution in [2.24, 2.45) is 0 Å². The number of hydrogen-bond acceptors (Lipinski definition) is 8. The van der Waals surface area contributed by atoms with Gasteiger partial charge in [-0.15, -0.1) is 0 Å². The van der Waals surface area contributed by atoms with Crippen molar-refractivity contribution in [1.29, 1.82) is 0 Å². The number of nitrogens with zero attached hydrogens (tertiary/aromatic N) is 5. The molecule has 0 bridgehead atoms. The monoisotopic (exact) mass is 376 g/mol. The van der Waals surface area contributed by atoms with Gasteiger partial charge >= 0.3 is 0 Å². The van der Waals surface area contributed by atoms with E-state index >= 15 is 0 Å². The van der Waals surface area contributed by atoms with Gasteiger partial charge in [-0.1, -0.05) is 10.3 Å². The van der Waals surface area contributed by atoms with Crippen LogP contribution in [0.2, 0.25) is 0 Å². The zero-order valence-corrected chi connectivity index (χ0v) is 15.0. The molecule has 0 saturated heterocycles. The topological polar surface area (TPSA) is 120 Å². The van der Waals surface area contributed by atoms with Gasteiger partial charge in [-0.25, -0.2) is 4.98 Å². The average molecular weight is 376 g/mol. The predicted molar refractivity (Wildman–Crippen MR) is 98.1 cm³/mol. The molecule has 0 aliphatic heterocycles. The standard InChI is InChI=1S/C19H16N6O3/c1-20-15(26)8-14-23-18(27-24-14)12-7-13(11-3-2-6-21-9-11)22-19-16(12)17(25-28-19)10-4-5-10/h2-3,6-7,9-10H,4-5,8H2,1H3,(H,20,26). The third-order valence-corrected chi connectivity index (χ3v) is 4.69. The molecule has 1 saturated carbocycles. The summed E-state index contributed by atoms with van der Waals surface area (Å²) >= 11 is 0. The van der Waals surface area contributed by atoms with Crippen LogP contribution in [-0.2, 0) is 11.2 Å². The van der Waals surface area contributed by atoms with Crippen LogP contribution >= 0.6 is 0 Å². The largest absolute Gasteiger partial charge is 0.359 e. The van der Waals surface area contributed by atoms with Crippen LogP contribution in [0.3, 0.4) is 0 Å². The highest BCUT2D eigenvalue weighted by atomic mass is 16.5. The molecule has 4 heterocycles. The number of pyridine rings is 2. The lowest BCUT2D eigenvalue weighted by atomic mass is 10.0. The minimum atomic E-state index is -0.188. The predicted octanol–water partition coefficient (Wildman–Crippen LogP) is 2.50. The fourth-order valence-electron chi connectivity index (χ4n) is 3.11. The molecule has 9 heteroatoms. The van der Waals surface area contributed by atoms with Crippen LogP contribution in [0.5, 0.6) is 0 Å². The minimum absolute atomic E-state index is 0.0445. The SMILES string of the molecule is CNC(=O)Cc1noc(-c2cc(-c3cccnc3)nc3onc(C4CC4)c23)n1. The highest BCUT2D eigenvalue weighted by Crippen LogP contribution is 2.45. The van der Waals surface area contributed by atoms with Crippen LogP contribution in [0.25, 0.3) is 33.8 Å². The summed E-state index contributed by atoms with van der Waals surface area (Å²) in [7, 11) is 1.56. The molecule has 28 heavy (non-hydrogen) atoms. The number of carbonyl (C=O) groups excluding carboxylic acids is 1. The Labute approximate surface area is 159 Å². The Hall–Kier alpha value is -3.62. The third kappa shape index (κ3) is 2.90. The highest BCUT2D eigenvalue weighted by Gasteiger charge is 2.32. The van der Waals surface area contributed by atoms with Crippen molar-refractivity contribution in [2.45, 2.75) is 25.2 Å². The van der Waals surface area contributed by atoms with E-state index in [2.05, 4.69) is 30.6 Å². The minimum Gasteiger partial charge on any atom is -0.359 e. The second-order valence-electron chi connectivity index (χ2n) is 6.68. The van der Waals surface area contributed by atoms with Gasteiger partial charge in [-0.3, -0.25) is 9.78 Å². The maximum absolute atomic E-state index is 11.6. The van der Waals surface area contributed by atoms with Crippen LogP contribution in [0.4, 0.5) is 0 Å². The summed E-state index contributed by atoms with van der Waals surface area (Å²) in [5.41, 5.74) is 3.48. The molecule has 4 aromatic heterocycles. The highest BCUT2D eigenvalue weighted by molar-refractivity contribution is 5.94. The number of rotatable bonds is 5. The molecular formula is C19H16N6O3. The van der Waals surface area contributed by atoms with Crippen molar-refractivity contribution < 1.29 is 13.8 Å². The van der Waals surface area contributed by atoms with Gasteiger partial charge in [0, 0.05) is 30.9 Å². The Bertz CT molecular complexity index is 1160. The summed E-state index contributed by atoms with van der Waals surface area (Å²) in [6.07, 6.45) is 5.60. The van der Waals surface area contributed by atoms with Crippen LogP contribution < -0.4 is 5.32 Å². The molecular weight excluding hydrogens is 360 g/mol. The van der Waals surface area contributed by atoms with E-state index in [4.69, 9.17) is 9.05 Å². The summed E-state index contributed by atoms with van der Waals surface area (Å²) in [5, 5.41) is 11.5. The first kappa shape index (κ1) is 16.5. The summed E-state index contributed by atoms with van der Waals surface area (Å²) in [6.45, 7) is 0. The quantitative estimate of drug-likeness (QED) is 0.564. The number of nitrogens with one attached hydrogen (secondary N) is 1. The number of fused-ring (bicyclic) bond motifs is 1. The molecule has 0 radical (unpaired) electrons. The van der Waals surface area contributed by atoms with E-state index in [9.17, 15) is 4.79 Å². The van der Waals surface area contributed by atoms with Gasteiger partial charge in [0.05, 0.1) is 28.8 Å². The molecule has 0 aromatic carbocycles. The maximum atomic E-state index is 11.6.